The van der Waals surface area contributed by atoms with E-state index in [1.54, 1.807) is 13.3 Å². The summed E-state index contributed by atoms with van der Waals surface area (Å²) in [6.07, 6.45) is 5.19. The van der Waals surface area contributed by atoms with Gasteiger partial charge in [0.15, 0.2) is 0 Å². The van der Waals surface area contributed by atoms with Crippen molar-refractivity contribution in [3.05, 3.63) is 35.6 Å². The lowest BCUT2D eigenvalue weighted by atomic mass is 10.2. The van der Waals surface area contributed by atoms with E-state index in [2.05, 4.69) is 14.6 Å². The Morgan fingerprint density at radius 2 is 2.17 bits per heavy atom. The van der Waals surface area contributed by atoms with Gasteiger partial charge in [0, 0.05) is 13.6 Å². The Kier molecular flexibility index (Phi) is 4.77. The van der Waals surface area contributed by atoms with Crippen molar-refractivity contribution in [3.63, 3.8) is 0 Å². The molecule has 3 rings (SSSR count). The van der Waals surface area contributed by atoms with Crippen molar-refractivity contribution in [1.29, 1.82) is 0 Å². The second-order valence-corrected chi connectivity index (χ2v) is 7.62. The number of hydrogen-bond donors (Lipinski definition) is 1. The number of rotatable bonds is 6. The molecule has 1 atom stereocenters. The van der Waals surface area contributed by atoms with Gasteiger partial charge in [-0.15, -0.1) is 0 Å². The van der Waals surface area contributed by atoms with Gasteiger partial charge in [-0.25, -0.2) is 18.1 Å². The Hall–Kier alpha value is -1.35. The minimum Gasteiger partial charge on any atom is -0.468 e. The predicted molar refractivity (Wildman–Crippen MR) is 85.7 cm³/mol. The van der Waals surface area contributed by atoms with E-state index in [1.807, 2.05) is 12.1 Å². The quantitative estimate of drug-likeness (QED) is 0.851. The van der Waals surface area contributed by atoms with Gasteiger partial charge >= 0.3 is 0 Å². The van der Waals surface area contributed by atoms with Gasteiger partial charge in [-0.1, -0.05) is 11.6 Å². The zero-order chi connectivity index (χ0) is 16.4. The number of furan rings is 1. The standard InChI is InChI=1S/C14H19ClN4O3S/c1-18-10-16-14(13(18)15)23(20,21)17-9-11(12-5-4-8-22-12)19-6-2-3-7-19/h4-5,8,10-11,17H,2-3,6-7,9H2,1H3. The Morgan fingerprint density at radius 3 is 2.74 bits per heavy atom. The van der Waals surface area contributed by atoms with Crippen molar-refractivity contribution >= 4 is 21.6 Å². The van der Waals surface area contributed by atoms with Gasteiger partial charge in [-0.2, -0.15) is 0 Å². The van der Waals surface area contributed by atoms with E-state index in [9.17, 15) is 8.42 Å². The van der Waals surface area contributed by atoms with Crippen LogP contribution in [0.1, 0.15) is 24.6 Å². The van der Waals surface area contributed by atoms with Crippen LogP contribution < -0.4 is 4.72 Å². The molecule has 2 aromatic heterocycles. The van der Waals surface area contributed by atoms with Crippen LogP contribution in [0, 0.1) is 0 Å². The second-order valence-electron chi connectivity index (χ2n) is 5.58. The number of halogens is 1. The molecule has 1 aliphatic rings. The predicted octanol–water partition coefficient (Wildman–Crippen LogP) is 1.78. The summed E-state index contributed by atoms with van der Waals surface area (Å²) in [6.45, 7) is 2.07. The molecule has 1 saturated heterocycles. The van der Waals surface area contributed by atoms with Crippen LogP contribution in [0.25, 0.3) is 0 Å². The van der Waals surface area contributed by atoms with Gasteiger partial charge in [-0.3, -0.25) is 4.90 Å². The van der Waals surface area contributed by atoms with Gasteiger partial charge in [0.05, 0.1) is 18.6 Å². The third kappa shape index (κ3) is 3.45. The molecule has 0 aliphatic carbocycles. The molecule has 1 unspecified atom stereocenters. The van der Waals surface area contributed by atoms with Gasteiger partial charge in [0.2, 0.25) is 5.03 Å². The van der Waals surface area contributed by atoms with Gasteiger partial charge in [0.1, 0.15) is 10.9 Å². The van der Waals surface area contributed by atoms with Crippen molar-refractivity contribution in [3.8, 4) is 0 Å². The second kappa shape index (κ2) is 6.64. The Morgan fingerprint density at radius 1 is 1.43 bits per heavy atom. The summed E-state index contributed by atoms with van der Waals surface area (Å²) in [6, 6.07) is 3.54. The fourth-order valence-corrected chi connectivity index (χ4v) is 4.24. The molecular formula is C14H19ClN4O3S. The third-order valence-electron chi connectivity index (χ3n) is 4.01. The van der Waals surface area contributed by atoms with E-state index in [1.165, 1.54) is 10.9 Å². The molecule has 1 N–H and O–H groups in total. The zero-order valence-electron chi connectivity index (χ0n) is 12.8. The first-order valence-corrected chi connectivity index (χ1v) is 9.29. The first-order chi connectivity index (χ1) is 11.0. The molecule has 0 spiro atoms. The molecule has 2 aromatic rings. The highest BCUT2D eigenvalue weighted by Gasteiger charge is 2.29. The van der Waals surface area contributed by atoms with Crippen LogP contribution in [-0.4, -0.2) is 42.5 Å². The van der Waals surface area contributed by atoms with E-state index >= 15 is 0 Å². The number of aryl methyl sites for hydroxylation is 1. The van der Waals surface area contributed by atoms with E-state index in [-0.39, 0.29) is 22.8 Å². The molecule has 1 fully saturated rings. The molecule has 9 heteroatoms. The summed E-state index contributed by atoms with van der Waals surface area (Å²) in [7, 11) is -2.12. The van der Waals surface area contributed by atoms with Crippen LogP contribution in [0.15, 0.2) is 34.2 Å². The molecule has 1 aliphatic heterocycles. The zero-order valence-corrected chi connectivity index (χ0v) is 14.3. The van der Waals surface area contributed by atoms with Crippen LogP contribution in [0.4, 0.5) is 0 Å². The number of imidazole rings is 1. The normalized spacial score (nSPS) is 17.7. The lowest BCUT2D eigenvalue weighted by Gasteiger charge is -2.25. The van der Waals surface area contributed by atoms with Gasteiger partial charge < -0.3 is 8.98 Å². The Bertz CT molecular complexity index is 751. The Balaban J connectivity index is 1.77. The highest BCUT2D eigenvalue weighted by molar-refractivity contribution is 7.89. The molecule has 7 nitrogen and oxygen atoms in total. The number of likely N-dealkylation sites (tertiary alicyclic amines) is 1. The Labute approximate surface area is 140 Å². The average molecular weight is 359 g/mol. The minimum absolute atomic E-state index is 0.0909. The van der Waals surface area contributed by atoms with Crippen LogP contribution >= 0.6 is 11.6 Å². The first-order valence-electron chi connectivity index (χ1n) is 7.43. The summed E-state index contributed by atoms with van der Waals surface area (Å²) in [5.74, 6) is 0.752. The highest BCUT2D eigenvalue weighted by atomic mass is 35.5. The summed E-state index contributed by atoms with van der Waals surface area (Å²) >= 11 is 5.99. The third-order valence-corrected chi connectivity index (χ3v) is 5.92. The van der Waals surface area contributed by atoms with Crippen LogP contribution in [0.2, 0.25) is 5.15 Å². The molecule has 0 aromatic carbocycles. The maximum Gasteiger partial charge on any atom is 0.261 e. The smallest absolute Gasteiger partial charge is 0.261 e. The number of hydrogen-bond acceptors (Lipinski definition) is 5. The SMILES string of the molecule is Cn1cnc(S(=O)(=O)NCC(c2ccco2)N2CCCC2)c1Cl. The largest absolute Gasteiger partial charge is 0.468 e. The summed E-state index contributed by atoms with van der Waals surface area (Å²) in [5.41, 5.74) is 0. The van der Waals surface area contributed by atoms with Gasteiger partial charge in [0.25, 0.3) is 10.0 Å². The molecule has 23 heavy (non-hydrogen) atoms. The van der Waals surface area contributed by atoms with Crippen molar-refractivity contribution in [1.82, 2.24) is 19.2 Å². The minimum atomic E-state index is -3.77. The molecule has 0 radical (unpaired) electrons. The van der Waals surface area contributed by atoms with Crippen LogP contribution in [-0.2, 0) is 17.1 Å². The van der Waals surface area contributed by atoms with Crippen molar-refractivity contribution in [2.75, 3.05) is 19.6 Å². The van der Waals surface area contributed by atoms with E-state index in [0.717, 1.165) is 31.7 Å². The van der Waals surface area contributed by atoms with Gasteiger partial charge in [-0.05, 0) is 38.1 Å². The van der Waals surface area contributed by atoms with Crippen molar-refractivity contribution in [2.45, 2.75) is 23.9 Å². The summed E-state index contributed by atoms with van der Waals surface area (Å²) < 4.78 is 34.4. The summed E-state index contributed by atoms with van der Waals surface area (Å²) in [4.78, 5) is 6.09. The fourth-order valence-electron chi connectivity index (χ4n) is 2.77. The maximum atomic E-state index is 12.4. The van der Waals surface area contributed by atoms with E-state index in [4.69, 9.17) is 16.0 Å². The molecular weight excluding hydrogens is 340 g/mol. The van der Waals surface area contributed by atoms with Crippen molar-refractivity contribution in [2.24, 2.45) is 7.05 Å². The van der Waals surface area contributed by atoms with Crippen molar-refractivity contribution < 1.29 is 12.8 Å². The lowest BCUT2D eigenvalue weighted by molar-refractivity contribution is 0.216. The van der Waals surface area contributed by atoms with Crippen LogP contribution in [0.3, 0.4) is 0 Å². The molecule has 0 bridgehead atoms. The number of nitrogens with one attached hydrogen (secondary N) is 1. The van der Waals surface area contributed by atoms with E-state index < -0.39 is 10.0 Å². The van der Waals surface area contributed by atoms with Crippen LogP contribution in [0.5, 0.6) is 0 Å². The molecule has 0 saturated carbocycles. The fraction of sp³-hybridized carbons (Fsp3) is 0.500. The molecule has 3 heterocycles. The number of sulfonamides is 1. The topological polar surface area (TPSA) is 80.4 Å². The maximum absolute atomic E-state index is 12.4. The molecule has 0 amide bonds. The molecule has 126 valence electrons. The lowest BCUT2D eigenvalue weighted by Crippen LogP contribution is -2.36. The average Bonchev–Trinajstić information content (AvgIpc) is 3.24. The van der Waals surface area contributed by atoms with E-state index in [0.29, 0.717) is 0 Å². The summed E-state index contributed by atoms with van der Waals surface area (Å²) in [5, 5.41) is -0.0606. The number of aromatic nitrogens is 2. The number of nitrogens with zero attached hydrogens (tertiary/aromatic N) is 3. The monoisotopic (exact) mass is 358 g/mol. The first kappa shape index (κ1) is 16.5. The highest BCUT2D eigenvalue weighted by Crippen LogP contribution is 2.26.